The molecule has 1 aromatic heterocycles. The van der Waals surface area contributed by atoms with Gasteiger partial charge >= 0.3 is 0 Å². The molecule has 4 nitrogen and oxygen atoms in total. The van der Waals surface area contributed by atoms with E-state index in [1.807, 2.05) is 0 Å². The van der Waals surface area contributed by atoms with Gasteiger partial charge in [-0.15, -0.1) is 36.2 Å². The first-order valence-electron chi connectivity index (χ1n) is 7.98. The summed E-state index contributed by atoms with van der Waals surface area (Å²) in [4.78, 5) is 16.6. The van der Waals surface area contributed by atoms with Gasteiger partial charge in [-0.25, -0.2) is 4.98 Å². The molecule has 0 aliphatic carbocycles. The highest BCUT2D eigenvalue weighted by Crippen LogP contribution is 2.24. The number of nitrogens with zero attached hydrogens (tertiary/aromatic N) is 1. The quantitative estimate of drug-likeness (QED) is 0.788. The Morgan fingerprint density at radius 3 is 2.57 bits per heavy atom. The lowest BCUT2D eigenvalue weighted by Crippen LogP contribution is -2.33. The molecule has 0 saturated carbocycles. The van der Waals surface area contributed by atoms with Gasteiger partial charge in [0.05, 0.1) is 12.2 Å². The molecule has 0 spiro atoms. The van der Waals surface area contributed by atoms with Crippen molar-refractivity contribution in [1.82, 2.24) is 15.6 Å². The van der Waals surface area contributed by atoms with Crippen LogP contribution in [0.15, 0.2) is 5.38 Å². The van der Waals surface area contributed by atoms with E-state index in [1.165, 1.54) is 12.8 Å². The summed E-state index contributed by atoms with van der Waals surface area (Å²) >= 11 is 1.63. The number of rotatable bonds is 6. The van der Waals surface area contributed by atoms with Crippen molar-refractivity contribution < 1.29 is 4.79 Å². The molecule has 1 fully saturated rings. The average Bonchev–Trinajstić information content (AvgIpc) is 2.95. The third-order valence-electron chi connectivity index (χ3n) is 4.29. The van der Waals surface area contributed by atoms with Gasteiger partial charge in [0.25, 0.3) is 0 Å². The summed E-state index contributed by atoms with van der Waals surface area (Å²) in [6.07, 6.45) is 3.02. The van der Waals surface area contributed by atoms with Crippen LogP contribution in [0.3, 0.4) is 0 Å². The fourth-order valence-corrected chi connectivity index (χ4v) is 3.69. The maximum absolute atomic E-state index is 12.1. The summed E-state index contributed by atoms with van der Waals surface area (Å²) in [5, 5.41) is 9.48. The number of halogens is 2. The van der Waals surface area contributed by atoms with Crippen LogP contribution in [0.5, 0.6) is 0 Å². The highest BCUT2D eigenvalue weighted by atomic mass is 35.5. The number of piperidine rings is 1. The van der Waals surface area contributed by atoms with Crippen LogP contribution in [0, 0.1) is 11.8 Å². The van der Waals surface area contributed by atoms with Crippen molar-refractivity contribution in [3.05, 3.63) is 16.1 Å². The largest absolute Gasteiger partial charge is 0.350 e. The zero-order chi connectivity index (χ0) is 15.2. The van der Waals surface area contributed by atoms with Crippen molar-refractivity contribution in [3.63, 3.8) is 0 Å². The lowest BCUT2D eigenvalue weighted by molar-refractivity contribution is -0.122. The Kier molecular flexibility index (Phi) is 11.1. The smallest absolute Gasteiger partial charge is 0.220 e. The summed E-state index contributed by atoms with van der Waals surface area (Å²) < 4.78 is 0. The van der Waals surface area contributed by atoms with E-state index in [2.05, 4.69) is 41.8 Å². The number of aromatic nitrogens is 1. The Bertz CT molecular complexity index is 462. The van der Waals surface area contributed by atoms with Gasteiger partial charge in [-0.1, -0.05) is 20.8 Å². The van der Waals surface area contributed by atoms with Crippen molar-refractivity contribution in [2.75, 3.05) is 13.1 Å². The fraction of sp³-hybridized carbons (Fsp3) is 0.750. The van der Waals surface area contributed by atoms with E-state index in [4.69, 9.17) is 0 Å². The minimum atomic E-state index is 0. The maximum atomic E-state index is 12.1. The zero-order valence-electron chi connectivity index (χ0n) is 14.1. The Hall–Kier alpha value is -0.360. The molecule has 0 bridgehead atoms. The summed E-state index contributed by atoms with van der Waals surface area (Å²) in [5.41, 5.74) is 1.12. The van der Waals surface area contributed by atoms with Crippen LogP contribution in [-0.4, -0.2) is 24.0 Å². The van der Waals surface area contributed by atoms with Crippen LogP contribution in [-0.2, 0) is 11.3 Å². The molecule has 1 aliphatic heterocycles. The molecule has 1 saturated heterocycles. The molecule has 0 radical (unpaired) electrons. The predicted octanol–water partition coefficient (Wildman–Crippen LogP) is 3.75. The van der Waals surface area contributed by atoms with E-state index >= 15 is 0 Å². The first-order chi connectivity index (χ1) is 10.1. The van der Waals surface area contributed by atoms with E-state index < -0.39 is 0 Å². The molecule has 7 heteroatoms. The minimum Gasteiger partial charge on any atom is -0.350 e. The second kappa shape index (κ2) is 11.2. The van der Waals surface area contributed by atoms with Crippen LogP contribution in [0.4, 0.5) is 0 Å². The lowest BCUT2D eigenvalue weighted by atomic mass is 9.84. The van der Waals surface area contributed by atoms with Gasteiger partial charge in [0.1, 0.15) is 5.01 Å². The van der Waals surface area contributed by atoms with Gasteiger partial charge in [-0.2, -0.15) is 0 Å². The van der Waals surface area contributed by atoms with E-state index in [0.29, 0.717) is 30.7 Å². The molecule has 1 atom stereocenters. The molecule has 2 N–H and O–H groups in total. The second-order valence-electron chi connectivity index (χ2n) is 6.37. The lowest BCUT2D eigenvalue weighted by Gasteiger charge is -2.27. The van der Waals surface area contributed by atoms with E-state index in [9.17, 15) is 4.79 Å². The van der Waals surface area contributed by atoms with Crippen molar-refractivity contribution in [2.45, 2.75) is 52.5 Å². The van der Waals surface area contributed by atoms with Crippen LogP contribution < -0.4 is 10.6 Å². The number of hydrogen-bond donors (Lipinski definition) is 2. The van der Waals surface area contributed by atoms with Crippen molar-refractivity contribution in [3.8, 4) is 0 Å². The number of hydrogen-bond acceptors (Lipinski definition) is 4. The number of thiazole rings is 1. The topological polar surface area (TPSA) is 54.0 Å². The number of carbonyl (C=O) groups is 1. The van der Waals surface area contributed by atoms with Gasteiger partial charge in [-0.05, 0) is 43.7 Å². The SMILES string of the molecule is CC(C)c1csc(CNC(=O)CC(C)C2CCNCC2)n1.Cl.Cl. The Balaban J connectivity index is 0.00000242. The third kappa shape index (κ3) is 7.38. The van der Waals surface area contributed by atoms with E-state index in [-0.39, 0.29) is 30.7 Å². The van der Waals surface area contributed by atoms with Gasteiger partial charge in [0.2, 0.25) is 5.91 Å². The fourth-order valence-electron chi connectivity index (χ4n) is 2.79. The zero-order valence-corrected chi connectivity index (χ0v) is 16.6. The summed E-state index contributed by atoms with van der Waals surface area (Å²) in [6, 6.07) is 0. The molecule has 2 heterocycles. The van der Waals surface area contributed by atoms with Crippen LogP contribution in [0.2, 0.25) is 0 Å². The molecule has 23 heavy (non-hydrogen) atoms. The van der Waals surface area contributed by atoms with Crippen LogP contribution in [0.1, 0.15) is 56.7 Å². The predicted molar refractivity (Wildman–Crippen MR) is 102 cm³/mol. The van der Waals surface area contributed by atoms with Gasteiger partial charge in [-0.3, -0.25) is 4.79 Å². The Labute approximate surface area is 156 Å². The molecule has 1 unspecified atom stereocenters. The van der Waals surface area contributed by atoms with Crippen molar-refractivity contribution >= 4 is 42.1 Å². The van der Waals surface area contributed by atoms with E-state index in [1.54, 1.807) is 11.3 Å². The summed E-state index contributed by atoms with van der Waals surface area (Å²) in [7, 11) is 0. The van der Waals surface area contributed by atoms with Gasteiger partial charge in [0, 0.05) is 11.8 Å². The first-order valence-corrected chi connectivity index (χ1v) is 8.86. The van der Waals surface area contributed by atoms with Crippen LogP contribution in [0.25, 0.3) is 0 Å². The third-order valence-corrected chi connectivity index (χ3v) is 5.16. The molecule has 1 aromatic rings. The highest BCUT2D eigenvalue weighted by Gasteiger charge is 2.21. The molecule has 2 rings (SSSR count). The average molecular weight is 382 g/mol. The number of amides is 1. The molecule has 134 valence electrons. The number of carbonyl (C=O) groups excluding carboxylic acids is 1. The molecule has 0 aromatic carbocycles. The standard InChI is InChI=1S/C16H27N3OS.2ClH/c1-11(2)14-10-21-16(19-14)9-18-15(20)8-12(3)13-4-6-17-7-5-13;;/h10-13,17H,4-9H2,1-3H3,(H,18,20);2*1H. The molecule has 1 amide bonds. The van der Waals surface area contributed by atoms with Crippen molar-refractivity contribution in [2.24, 2.45) is 11.8 Å². The normalized spacial score (nSPS) is 16.3. The molecule has 1 aliphatic rings. The Morgan fingerprint density at radius 2 is 2.00 bits per heavy atom. The van der Waals surface area contributed by atoms with Crippen LogP contribution >= 0.6 is 36.2 Å². The van der Waals surface area contributed by atoms with Gasteiger partial charge < -0.3 is 10.6 Å². The monoisotopic (exact) mass is 381 g/mol. The second-order valence-corrected chi connectivity index (χ2v) is 7.31. The first kappa shape index (κ1) is 22.6. The number of nitrogens with one attached hydrogen (secondary N) is 2. The van der Waals surface area contributed by atoms with Gasteiger partial charge in [0.15, 0.2) is 0 Å². The van der Waals surface area contributed by atoms with E-state index in [0.717, 1.165) is 23.8 Å². The summed E-state index contributed by atoms with van der Waals surface area (Å²) in [5.74, 6) is 1.76. The van der Waals surface area contributed by atoms with Crippen molar-refractivity contribution in [1.29, 1.82) is 0 Å². The Morgan fingerprint density at radius 1 is 1.35 bits per heavy atom. The molecular weight excluding hydrogens is 353 g/mol. The maximum Gasteiger partial charge on any atom is 0.220 e. The minimum absolute atomic E-state index is 0. The summed E-state index contributed by atoms with van der Waals surface area (Å²) in [6.45, 7) is 9.22. The highest BCUT2D eigenvalue weighted by molar-refractivity contribution is 7.09. The molecular formula is C16H29Cl2N3OS.